The second kappa shape index (κ2) is 7.99. The van der Waals surface area contributed by atoms with Gasteiger partial charge in [-0.1, -0.05) is 13.8 Å². The van der Waals surface area contributed by atoms with Crippen LogP contribution in [0.5, 0.6) is 5.88 Å². The Morgan fingerprint density at radius 2 is 2.33 bits per heavy atom. The van der Waals surface area contributed by atoms with Gasteiger partial charge in [0.2, 0.25) is 5.88 Å². The minimum Gasteiger partial charge on any atom is -0.476 e. The zero-order valence-electron chi connectivity index (χ0n) is 12.8. The normalized spacial score (nSPS) is 19.4. The molecule has 1 fully saturated rings. The molecule has 118 valence electrons. The average Bonchev–Trinajstić information content (AvgIpc) is 2.53. The summed E-state index contributed by atoms with van der Waals surface area (Å²) in [6.45, 7) is 9.20. The topological polar surface area (TPSA) is 85.5 Å². The Morgan fingerprint density at radius 1 is 1.48 bits per heavy atom. The zero-order valence-corrected chi connectivity index (χ0v) is 12.8. The van der Waals surface area contributed by atoms with E-state index in [1.807, 2.05) is 6.92 Å². The summed E-state index contributed by atoms with van der Waals surface area (Å²) >= 11 is 0. The Hall–Kier alpha value is -1.60. The highest BCUT2D eigenvalue weighted by Crippen LogP contribution is 2.24. The molecule has 2 heterocycles. The molecule has 1 aliphatic heterocycles. The maximum atomic E-state index is 6.03. The van der Waals surface area contributed by atoms with Gasteiger partial charge in [-0.25, -0.2) is 4.98 Å². The molecule has 7 heteroatoms. The van der Waals surface area contributed by atoms with Crippen molar-refractivity contribution >= 4 is 11.5 Å². The molecule has 21 heavy (non-hydrogen) atoms. The van der Waals surface area contributed by atoms with Crippen molar-refractivity contribution in [2.24, 2.45) is 0 Å². The summed E-state index contributed by atoms with van der Waals surface area (Å²) in [5, 5.41) is 3.24. The van der Waals surface area contributed by atoms with Gasteiger partial charge < -0.3 is 20.5 Å². The highest BCUT2D eigenvalue weighted by atomic mass is 16.5. The summed E-state index contributed by atoms with van der Waals surface area (Å²) in [5.74, 6) is 1.04. The van der Waals surface area contributed by atoms with E-state index in [-0.39, 0.29) is 6.10 Å². The van der Waals surface area contributed by atoms with Crippen molar-refractivity contribution in [3.05, 3.63) is 6.33 Å². The number of nitrogens with one attached hydrogen (secondary N) is 1. The van der Waals surface area contributed by atoms with E-state index in [0.717, 1.165) is 32.7 Å². The van der Waals surface area contributed by atoms with Crippen LogP contribution in [0.4, 0.5) is 11.5 Å². The number of rotatable bonds is 7. The first-order valence-electron chi connectivity index (χ1n) is 7.55. The van der Waals surface area contributed by atoms with Crippen molar-refractivity contribution < 1.29 is 9.47 Å². The number of morpholine rings is 1. The quantitative estimate of drug-likeness (QED) is 0.775. The number of nitrogen functional groups attached to an aromatic ring is 1. The Labute approximate surface area is 125 Å². The maximum Gasteiger partial charge on any atom is 0.242 e. The predicted octanol–water partition coefficient (Wildman–Crippen LogP) is 0.980. The van der Waals surface area contributed by atoms with Gasteiger partial charge in [-0.15, -0.1) is 0 Å². The molecule has 0 radical (unpaired) electrons. The zero-order chi connectivity index (χ0) is 15.1. The van der Waals surface area contributed by atoms with Crippen molar-refractivity contribution in [3.63, 3.8) is 0 Å². The van der Waals surface area contributed by atoms with Crippen LogP contribution in [0.25, 0.3) is 0 Å². The summed E-state index contributed by atoms with van der Waals surface area (Å²) in [6.07, 6.45) is 2.52. The molecule has 0 saturated carbocycles. The Balaban J connectivity index is 1.90. The minimum absolute atomic E-state index is 0.146. The Kier molecular flexibility index (Phi) is 6.01. The minimum atomic E-state index is 0.146. The summed E-state index contributed by atoms with van der Waals surface area (Å²) in [5.41, 5.74) is 6.48. The summed E-state index contributed by atoms with van der Waals surface area (Å²) in [7, 11) is 0. The summed E-state index contributed by atoms with van der Waals surface area (Å²) in [4.78, 5) is 10.6. The van der Waals surface area contributed by atoms with Gasteiger partial charge in [0.15, 0.2) is 5.82 Å². The number of likely N-dealkylation sites (N-methyl/N-ethyl adjacent to an activating group) is 1. The second-order valence-electron chi connectivity index (χ2n) is 5.06. The lowest BCUT2D eigenvalue weighted by Crippen LogP contribution is -2.45. The number of nitrogens with two attached hydrogens (primary N) is 1. The fourth-order valence-corrected chi connectivity index (χ4v) is 2.24. The van der Waals surface area contributed by atoms with Gasteiger partial charge in [-0.2, -0.15) is 4.98 Å². The molecule has 1 atom stereocenters. The molecular formula is C14H25N5O2. The molecule has 0 spiro atoms. The monoisotopic (exact) mass is 295 g/mol. The molecule has 0 amide bonds. The van der Waals surface area contributed by atoms with E-state index < -0.39 is 0 Å². The molecule has 1 aromatic rings. The van der Waals surface area contributed by atoms with Crippen LogP contribution < -0.4 is 15.8 Å². The molecular weight excluding hydrogens is 270 g/mol. The van der Waals surface area contributed by atoms with Crippen molar-refractivity contribution in [3.8, 4) is 5.88 Å². The van der Waals surface area contributed by atoms with Crippen molar-refractivity contribution in [2.75, 3.05) is 50.4 Å². The first-order chi connectivity index (χ1) is 10.2. The molecule has 0 aliphatic carbocycles. The summed E-state index contributed by atoms with van der Waals surface area (Å²) < 4.78 is 11.2. The first kappa shape index (κ1) is 15.8. The van der Waals surface area contributed by atoms with Crippen LogP contribution in [0.2, 0.25) is 0 Å². The Bertz CT molecular complexity index is 443. The number of hydrogen-bond donors (Lipinski definition) is 2. The lowest BCUT2D eigenvalue weighted by atomic mass is 10.2. The highest BCUT2D eigenvalue weighted by molar-refractivity contribution is 5.66. The van der Waals surface area contributed by atoms with Crippen molar-refractivity contribution in [2.45, 2.75) is 26.4 Å². The van der Waals surface area contributed by atoms with Gasteiger partial charge in [-0.05, 0) is 13.0 Å². The third-order valence-electron chi connectivity index (χ3n) is 3.46. The third kappa shape index (κ3) is 4.44. The molecule has 2 rings (SSSR count). The number of anilines is 2. The molecule has 1 saturated heterocycles. The van der Waals surface area contributed by atoms with Gasteiger partial charge in [0.1, 0.15) is 12.0 Å². The third-order valence-corrected chi connectivity index (χ3v) is 3.46. The van der Waals surface area contributed by atoms with Crippen LogP contribution in [0.1, 0.15) is 20.3 Å². The molecule has 1 aliphatic rings. The molecule has 0 bridgehead atoms. The predicted molar refractivity (Wildman–Crippen MR) is 82.6 cm³/mol. The van der Waals surface area contributed by atoms with Crippen LogP contribution in [-0.4, -0.2) is 60.4 Å². The smallest absolute Gasteiger partial charge is 0.242 e. The van der Waals surface area contributed by atoms with Gasteiger partial charge in [-0.3, -0.25) is 4.90 Å². The largest absolute Gasteiger partial charge is 0.476 e. The summed E-state index contributed by atoms with van der Waals surface area (Å²) in [6, 6.07) is 0. The Morgan fingerprint density at radius 3 is 3.10 bits per heavy atom. The number of aromatic nitrogens is 2. The van der Waals surface area contributed by atoms with Gasteiger partial charge in [0.05, 0.1) is 19.3 Å². The van der Waals surface area contributed by atoms with Crippen LogP contribution in [-0.2, 0) is 4.74 Å². The van der Waals surface area contributed by atoms with E-state index in [9.17, 15) is 0 Å². The second-order valence-corrected chi connectivity index (χ2v) is 5.06. The van der Waals surface area contributed by atoms with E-state index in [4.69, 9.17) is 15.2 Å². The van der Waals surface area contributed by atoms with E-state index >= 15 is 0 Å². The number of hydrogen-bond acceptors (Lipinski definition) is 7. The van der Waals surface area contributed by atoms with E-state index in [0.29, 0.717) is 30.5 Å². The molecule has 1 aromatic heterocycles. The number of nitrogens with zero attached hydrogens (tertiary/aromatic N) is 3. The van der Waals surface area contributed by atoms with Gasteiger partial charge in [0, 0.05) is 19.6 Å². The van der Waals surface area contributed by atoms with Crippen LogP contribution in [0.3, 0.4) is 0 Å². The van der Waals surface area contributed by atoms with Gasteiger partial charge in [0.25, 0.3) is 0 Å². The van der Waals surface area contributed by atoms with Gasteiger partial charge >= 0.3 is 0 Å². The fourth-order valence-electron chi connectivity index (χ4n) is 2.24. The highest BCUT2D eigenvalue weighted by Gasteiger charge is 2.19. The molecule has 1 unspecified atom stereocenters. The maximum absolute atomic E-state index is 6.03. The van der Waals surface area contributed by atoms with E-state index in [1.165, 1.54) is 6.33 Å². The lowest BCUT2D eigenvalue weighted by Gasteiger charge is -2.32. The lowest BCUT2D eigenvalue weighted by molar-refractivity contribution is -0.0192. The van der Waals surface area contributed by atoms with Crippen LogP contribution in [0, 0.1) is 0 Å². The average molecular weight is 295 g/mol. The SMILES string of the molecule is CCCOc1ncnc(NCC2CN(CC)CCO2)c1N. The van der Waals surface area contributed by atoms with Crippen molar-refractivity contribution in [1.82, 2.24) is 14.9 Å². The van der Waals surface area contributed by atoms with Crippen molar-refractivity contribution in [1.29, 1.82) is 0 Å². The molecule has 7 nitrogen and oxygen atoms in total. The fraction of sp³-hybridized carbons (Fsp3) is 0.714. The molecule has 0 aromatic carbocycles. The first-order valence-corrected chi connectivity index (χ1v) is 7.55. The number of ether oxygens (including phenoxy) is 2. The molecule has 3 N–H and O–H groups in total. The van der Waals surface area contributed by atoms with Crippen LogP contribution >= 0.6 is 0 Å². The standard InChI is InChI=1S/C14H25N5O2/c1-3-6-21-14-12(15)13(17-10-18-14)16-8-11-9-19(4-2)5-7-20-11/h10-11H,3-9,15H2,1-2H3,(H,16,17,18). The van der Waals surface area contributed by atoms with Crippen LogP contribution in [0.15, 0.2) is 6.33 Å². The van der Waals surface area contributed by atoms with E-state index in [2.05, 4.69) is 27.1 Å². The van der Waals surface area contributed by atoms with E-state index in [1.54, 1.807) is 0 Å².